The molecule has 1 amide bonds. The summed E-state index contributed by atoms with van der Waals surface area (Å²) in [5.74, 6) is 0.486. The van der Waals surface area contributed by atoms with E-state index >= 15 is 4.79 Å². The molecule has 436 valence electrons. The Labute approximate surface area is 483 Å². The molecule has 82 heavy (non-hydrogen) atoms. The number of nitrogens with zero attached hydrogens (tertiary/aromatic N) is 3. The second-order valence-electron chi connectivity index (χ2n) is 22.1. The largest absolute Gasteiger partial charge is 0.459 e. The Hall–Kier alpha value is -7.20. The number of oxime groups is 1. The van der Waals surface area contributed by atoms with Gasteiger partial charge in [-0.2, -0.15) is 0 Å². The van der Waals surface area contributed by atoms with E-state index in [0.29, 0.717) is 59.3 Å². The zero-order valence-corrected chi connectivity index (χ0v) is 47.5. The average molecular weight is 1120 g/mol. The molecule has 0 saturated heterocycles. The zero-order valence-electron chi connectivity index (χ0n) is 47.5. The van der Waals surface area contributed by atoms with E-state index in [2.05, 4.69) is 37.8 Å². The van der Waals surface area contributed by atoms with Gasteiger partial charge in [0, 0.05) is 49.8 Å². The molecule has 2 aliphatic heterocycles. The summed E-state index contributed by atoms with van der Waals surface area (Å²) in [4.78, 5) is 34.6. The highest BCUT2D eigenvalue weighted by Gasteiger charge is 2.66. The highest BCUT2D eigenvalue weighted by Crippen LogP contribution is 2.62. The number of non-ortho nitro benzene ring substituents is 1. The highest BCUT2D eigenvalue weighted by molar-refractivity contribution is 6.03. The number of carbonyl (C=O) groups excluding carboxylic acids is 1. The number of carbonyl (C=O) groups is 1. The van der Waals surface area contributed by atoms with Gasteiger partial charge in [0.25, 0.3) is 5.69 Å². The van der Waals surface area contributed by atoms with E-state index in [4.69, 9.17) is 38.4 Å². The van der Waals surface area contributed by atoms with E-state index in [0.717, 1.165) is 72.8 Å². The third kappa shape index (κ3) is 14.7. The molecule has 0 unspecified atom stereocenters. The molecule has 6 atom stereocenters. The lowest BCUT2D eigenvalue weighted by atomic mass is 9.55. The molecule has 15 nitrogen and oxygen atoms in total. The van der Waals surface area contributed by atoms with Crippen molar-refractivity contribution in [2.24, 2.45) is 22.9 Å². The molecular formula is C67H81N3O12. The van der Waals surface area contributed by atoms with Crippen molar-refractivity contribution in [1.29, 1.82) is 0 Å². The van der Waals surface area contributed by atoms with E-state index in [9.17, 15) is 20.3 Å². The van der Waals surface area contributed by atoms with E-state index in [1.165, 1.54) is 50.7 Å². The van der Waals surface area contributed by atoms with E-state index < -0.39 is 28.8 Å². The number of ether oxygens (including phenoxy) is 6. The second kappa shape index (κ2) is 29.7. The van der Waals surface area contributed by atoms with Crippen LogP contribution in [0.5, 0.6) is 28.7 Å². The summed E-state index contributed by atoms with van der Waals surface area (Å²) in [6.45, 7) is 6.95. The van der Waals surface area contributed by atoms with Gasteiger partial charge in [0.1, 0.15) is 29.9 Å². The molecule has 2 N–H and O–H groups in total. The summed E-state index contributed by atoms with van der Waals surface area (Å²) in [7, 11) is 0. The Morgan fingerprint density at radius 2 is 1.44 bits per heavy atom. The predicted octanol–water partition coefficient (Wildman–Crippen LogP) is 15.2. The number of fused-ring (bicyclic) bond motifs is 3. The maximum absolute atomic E-state index is 15.4. The lowest BCUT2D eigenvalue weighted by Crippen LogP contribution is -2.70. The third-order valence-electron chi connectivity index (χ3n) is 16.5. The Morgan fingerprint density at radius 1 is 0.768 bits per heavy atom. The van der Waals surface area contributed by atoms with E-state index in [1.54, 1.807) is 23.1 Å². The molecular weight excluding hydrogens is 1040 g/mol. The van der Waals surface area contributed by atoms with Crippen molar-refractivity contribution in [3.05, 3.63) is 166 Å². The van der Waals surface area contributed by atoms with Gasteiger partial charge in [-0.3, -0.25) is 15.0 Å². The Bertz CT molecular complexity index is 2930. The Morgan fingerprint density at radius 3 is 2.16 bits per heavy atom. The van der Waals surface area contributed by atoms with Crippen LogP contribution in [0.2, 0.25) is 0 Å². The Kier molecular flexibility index (Phi) is 21.5. The SMILES string of the molecule is C=CCO[C@@]12Oc3ccc(Oc4ccc(-c5ccccc5)cc4)cc3[C@H]3[C@H](CCCCO)[C@@H](CCCCO)C=C(C(=NOCc4ccc([N+](=O)[O-])cc4)C[C@@H]1N(Cc1ccc4c(c1)OCO4)C(=O)OCCCCCCCCCCCC)[C@H]32. The van der Waals surface area contributed by atoms with Crippen molar-refractivity contribution in [1.82, 2.24) is 4.90 Å². The fourth-order valence-electron chi connectivity index (χ4n) is 12.5. The van der Waals surface area contributed by atoms with Crippen molar-refractivity contribution in [2.45, 2.75) is 147 Å². The average Bonchev–Trinajstić information content (AvgIpc) is 0.901. The number of nitro benzene ring substituents is 1. The van der Waals surface area contributed by atoms with Gasteiger partial charge < -0.3 is 43.5 Å². The third-order valence-corrected chi connectivity index (χ3v) is 16.5. The number of allylic oxidation sites excluding steroid dienone is 1. The molecule has 5 aromatic rings. The maximum Gasteiger partial charge on any atom is 0.410 e. The number of aliphatic hydroxyl groups excluding tert-OH is 2. The molecule has 15 heteroatoms. The molecule has 2 heterocycles. The van der Waals surface area contributed by atoms with Crippen molar-refractivity contribution in [3.63, 3.8) is 0 Å². The summed E-state index contributed by atoms with van der Waals surface area (Å²) in [5.41, 5.74) is 5.96. The number of benzene rings is 5. The second-order valence-corrected chi connectivity index (χ2v) is 22.1. The maximum atomic E-state index is 15.4. The number of unbranched alkanes of at least 4 members (excludes halogenated alkanes) is 11. The lowest BCUT2D eigenvalue weighted by Gasteiger charge is -2.59. The fourth-order valence-corrected chi connectivity index (χ4v) is 12.5. The molecule has 9 rings (SSSR count). The van der Waals surface area contributed by atoms with Crippen LogP contribution in [0.1, 0.15) is 139 Å². The lowest BCUT2D eigenvalue weighted by molar-refractivity contribution is -0.384. The first kappa shape index (κ1) is 59.4. The fraction of sp³-hybridized carbons (Fsp3) is 0.463. The minimum absolute atomic E-state index is 0.0174. The standard InChI is InChI=1S/C67H81N3O12/c1-3-5-6-7-8-9-10-11-12-20-40-76-66(73)69(45-49-27-35-61-62(41-49)78-47-77-61)63-44-59(68-80-46-48-25-30-53(31-26-48)70(74)75)57-42-52(23-16-18-37-71)56(24-17-19-38-72)64-58-43-55(34-36-60(58)82-67(63,65(57)64)79-39-4-2)81-54-32-28-51(29-33-54)50-21-14-13-15-22-50/h4,13-15,21-22,25-36,41-43,52,56,63-65,71-72H,2-3,5-12,16-20,23-24,37-40,44-47H2,1H3/t52-,56+,63-,64+,65+,67+/m0/s1. The van der Waals surface area contributed by atoms with Gasteiger partial charge in [-0.25, -0.2) is 4.79 Å². The van der Waals surface area contributed by atoms with Crippen molar-refractivity contribution >= 4 is 17.5 Å². The smallest absolute Gasteiger partial charge is 0.410 e. The van der Waals surface area contributed by atoms with Crippen LogP contribution in [0.25, 0.3) is 11.1 Å². The van der Waals surface area contributed by atoms with Crippen LogP contribution in [-0.2, 0) is 27.5 Å². The molecule has 0 spiro atoms. The van der Waals surface area contributed by atoms with Crippen molar-refractivity contribution < 1.29 is 53.2 Å². The van der Waals surface area contributed by atoms with Gasteiger partial charge in [-0.05, 0) is 126 Å². The summed E-state index contributed by atoms with van der Waals surface area (Å²) < 4.78 is 39.5. The summed E-state index contributed by atoms with van der Waals surface area (Å²) in [6.07, 6.45) is 19.2. The normalized spacial score (nSPS) is 20.7. The van der Waals surface area contributed by atoms with Crippen LogP contribution in [0, 0.1) is 27.9 Å². The quantitative estimate of drug-likeness (QED) is 0.0180. The van der Waals surface area contributed by atoms with Crippen LogP contribution in [0.3, 0.4) is 0 Å². The number of hydrogen-bond acceptors (Lipinski definition) is 13. The van der Waals surface area contributed by atoms with Gasteiger partial charge in [-0.15, -0.1) is 6.58 Å². The summed E-state index contributed by atoms with van der Waals surface area (Å²) in [5, 5.41) is 36.9. The van der Waals surface area contributed by atoms with E-state index in [1.807, 2.05) is 72.8 Å². The number of rotatable bonds is 32. The van der Waals surface area contributed by atoms with Crippen molar-refractivity contribution in [3.8, 4) is 39.9 Å². The monoisotopic (exact) mass is 1120 g/mol. The van der Waals surface area contributed by atoms with Gasteiger partial charge in [0.2, 0.25) is 12.6 Å². The minimum Gasteiger partial charge on any atom is -0.459 e. The number of hydrogen-bond donors (Lipinski definition) is 2. The molecule has 0 bridgehead atoms. The summed E-state index contributed by atoms with van der Waals surface area (Å²) >= 11 is 0. The van der Waals surface area contributed by atoms with Gasteiger partial charge >= 0.3 is 6.09 Å². The molecule has 1 saturated carbocycles. The van der Waals surface area contributed by atoms with Crippen LogP contribution < -0.4 is 18.9 Å². The van der Waals surface area contributed by atoms with Crippen LogP contribution >= 0.6 is 0 Å². The zero-order chi connectivity index (χ0) is 57.1. The van der Waals surface area contributed by atoms with E-state index in [-0.39, 0.29) is 76.2 Å². The number of nitro groups is 1. The van der Waals surface area contributed by atoms with Crippen LogP contribution in [0.4, 0.5) is 10.5 Å². The molecule has 2 aliphatic carbocycles. The molecule has 0 aromatic heterocycles. The first-order valence-electron chi connectivity index (χ1n) is 29.8. The predicted molar refractivity (Wildman–Crippen MR) is 316 cm³/mol. The number of aliphatic hydroxyl groups is 2. The molecule has 0 radical (unpaired) electrons. The molecule has 1 fully saturated rings. The van der Waals surface area contributed by atoms with Gasteiger partial charge in [-0.1, -0.05) is 143 Å². The van der Waals surface area contributed by atoms with Gasteiger partial charge in [0.05, 0.1) is 29.8 Å². The van der Waals surface area contributed by atoms with Crippen molar-refractivity contribution in [2.75, 3.05) is 33.2 Å². The minimum atomic E-state index is -1.57. The summed E-state index contributed by atoms with van der Waals surface area (Å²) in [6, 6.07) is 35.1. The van der Waals surface area contributed by atoms with Gasteiger partial charge in [0.15, 0.2) is 11.5 Å². The first-order valence-corrected chi connectivity index (χ1v) is 29.8. The highest BCUT2D eigenvalue weighted by atomic mass is 16.7. The Balaban J connectivity index is 1.14. The van der Waals surface area contributed by atoms with Crippen LogP contribution in [0.15, 0.2) is 145 Å². The number of amides is 1. The molecule has 5 aromatic carbocycles. The first-order chi connectivity index (χ1) is 40.2. The van der Waals surface area contributed by atoms with Crippen LogP contribution in [-0.4, -0.2) is 76.9 Å². The topological polar surface area (TPSA) is 181 Å². The molecule has 4 aliphatic rings.